The fourth-order valence-electron chi connectivity index (χ4n) is 2.20. The molecule has 0 fully saturated rings. The Morgan fingerprint density at radius 1 is 0.818 bits per heavy atom. The molecule has 1 heterocycles. The molecule has 2 aromatic rings. The van der Waals surface area contributed by atoms with Gasteiger partial charge >= 0.3 is 138 Å². The molecule has 2 nitrogen and oxygen atoms in total. The average molecular weight is 355 g/mol. The van der Waals surface area contributed by atoms with E-state index in [0.29, 0.717) is 4.94 Å². The van der Waals surface area contributed by atoms with Crippen LogP contribution in [-0.2, 0) is 0 Å². The van der Waals surface area contributed by atoms with Gasteiger partial charge in [-0.1, -0.05) is 0 Å². The zero-order chi connectivity index (χ0) is 15.6. The van der Waals surface area contributed by atoms with Crippen molar-refractivity contribution >= 4 is 25.4 Å². The Hall–Kier alpha value is -1.70. The summed E-state index contributed by atoms with van der Waals surface area (Å²) in [6, 6.07) is 20.8. The summed E-state index contributed by atoms with van der Waals surface area (Å²) >= 11 is 0.248. The zero-order valence-corrected chi connectivity index (χ0v) is 14.9. The molecule has 3 rings (SSSR count). The van der Waals surface area contributed by atoms with Gasteiger partial charge < -0.3 is 0 Å². The van der Waals surface area contributed by atoms with Crippen molar-refractivity contribution in [3.8, 4) is 0 Å². The fraction of sp³-hybridized carbons (Fsp3) is 0.263. The minimum atomic E-state index is 0.149. The summed E-state index contributed by atoms with van der Waals surface area (Å²) in [5.41, 5.74) is 2.47. The number of hydrogen-bond donors (Lipinski definition) is 0. The van der Waals surface area contributed by atoms with E-state index < -0.39 is 0 Å². The molecule has 0 N–H and O–H groups in total. The van der Waals surface area contributed by atoms with Gasteiger partial charge in [-0.3, -0.25) is 0 Å². The van der Waals surface area contributed by atoms with Gasteiger partial charge in [0.05, 0.1) is 0 Å². The Morgan fingerprint density at radius 2 is 1.36 bits per heavy atom. The van der Waals surface area contributed by atoms with Gasteiger partial charge in [-0.15, -0.1) is 0 Å². The third kappa shape index (κ3) is 3.37. The van der Waals surface area contributed by atoms with Crippen LogP contribution in [0.15, 0.2) is 70.6 Å². The molecule has 0 radical (unpaired) electrons. The molecule has 2 aromatic carbocycles. The monoisotopic (exact) mass is 356 g/mol. The molecule has 1 aliphatic heterocycles. The standard InChI is InChI=1S/C19H20N2Se/c1-19(2,3)18-21-16(14-10-6-4-7-11-14)20-17(22-18)15-12-8-5-9-13-15/h4-13,18H,1-3H3. The molecular weight excluding hydrogens is 335 g/mol. The first kappa shape index (κ1) is 15.2. The third-order valence-corrected chi connectivity index (χ3v) is 6.79. The van der Waals surface area contributed by atoms with Gasteiger partial charge in [0.15, 0.2) is 0 Å². The number of hydrogen-bond acceptors (Lipinski definition) is 2. The van der Waals surface area contributed by atoms with E-state index in [1.54, 1.807) is 0 Å². The maximum absolute atomic E-state index is 4.96. The molecule has 0 bridgehead atoms. The van der Waals surface area contributed by atoms with Crippen LogP contribution in [0, 0.1) is 5.41 Å². The van der Waals surface area contributed by atoms with E-state index in [1.807, 2.05) is 24.3 Å². The van der Waals surface area contributed by atoms with E-state index in [-0.39, 0.29) is 20.4 Å². The van der Waals surface area contributed by atoms with Crippen molar-refractivity contribution in [2.24, 2.45) is 15.4 Å². The average Bonchev–Trinajstić information content (AvgIpc) is 2.55. The Kier molecular flexibility index (Phi) is 4.28. The number of nitrogens with zero attached hydrogens (tertiary/aromatic N) is 2. The first-order valence-corrected chi connectivity index (χ1v) is 9.32. The van der Waals surface area contributed by atoms with Crippen molar-refractivity contribution in [1.29, 1.82) is 0 Å². The van der Waals surface area contributed by atoms with Crippen LogP contribution in [0.25, 0.3) is 0 Å². The van der Waals surface area contributed by atoms with E-state index in [0.717, 1.165) is 11.4 Å². The maximum atomic E-state index is 4.96. The quantitative estimate of drug-likeness (QED) is 0.729. The molecule has 0 spiro atoms. The fourth-order valence-corrected chi connectivity index (χ4v) is 4.57. The summed E-state index contributed by atoms with van der Waals surface area (Å²) in [6.07, 6.45) is 0. The van der Waals surface area contributed by atoms with E-state index in [2.05, 4.69) is 57.2 Å². The van der Waals surface area contributed by atoms with Crippen LogP contribution in [-0.4, -0.2) is 30.3 Å². The summed E-state index contributed by atoms with van der Waals surface area (Å²) in [5.74, 6) is 0.868. The van der Waals surface area contributed by atoms with E-state index >= 15 is 0 Å². The van der Waals surface area contributed by atoms with Crippen LogP contribution in [0.1, 0.15) is 31.9 Å². The Bertz CT molecular complexity index is 697. The molecule has 0 saturated heterocycles. The van der Waals surface area contributed by atoms with Crippen LogP contribution in [0.3, 0.4) is 0 Å². The van der Waals surface area contributed by atoms with E-state index in [1.165, 1.54) is 10.2 Å². The normalized spacial score (nSPS) is 18.6. The third-order valence-electron chi connectivity index (χ3n) is 3.46. The number of rotatable bonds is 2. The van der Waals surface area contributed by atoms with Gasteiger partial charge in [0.2, 0.25) is 0 Å². The molecule has 1 aliphatic rings. The van der Waals surface area contributed by atoms with Gasteiger partial charge in [-0.05, 0) is 0 Å². The van der Waals surface area contributed by atoms with Crippen LogP contribution in [0.5, 0.6) is 0 Å². The SMILES string of the molecule is CC(C)(C)C1N=C(c2ccccc2)N=C(c2ccccc2)[Se]1. The van der Waals surface area contributed by atoms with Crippen LogP contribution < -0.4 is 0 Å². The first-order valence-electron chi connectivity index (χ1n) is 7.48. The molecule has 0 saturated carbocycles. The van der Waals surface area contributed by atoms with Crippen molar-refractivity contribution in [2.75, 3.05) is 0 Å². The van der Waals surface area contributed by atoms with Crippen molar-refractivity contribution < 1.29 is 0 Å². The molecule has 22 heavy (non-hydrogen) atoms. The van der Waals surface area contributed by atoms with Crippen molar-refractivity contribution in [3.63, 3.8) is 0 Å². The molecule has 0 aromatic heterocycles. The molecule has 112 valence electrons. The molecule has 0 aliphatic carbocycles. The van der Waals surface area contributed by atoms with E-state index in [4.69, 9.17) is 9.98 Å². The van der Waals surface area contributed by atoms with Gasteiger partial charge in [-0.25, -0.2) is 0 Å². The Morgan fingerprint density at radius 3 is 1.91 bits per heavy atom. The second kappa shape index (κ2) is 6.19. The van der Waals surface area contributed by atoms with Crippen molar-refractivity contribution in [1.82, 2.24) is 0 Å². The summed E-state index contributed by atoms with van der Waals surface area (Å²) < 4.78 is 1.20. The molecular formula is C19H20N2Se. The molecule has 0 amide bonds. The van der Waals surface area contributed by atoms with E-state index in [9.17, 15) is 0 Å². The predicted molar refractivity (Wildman–Crippen MR) is 95.0 cm³/mol. The topological polar surface area (TPSA) is 24.7 Å². The molecule has 1 atom stereocenters. The zero-order valence-electron chi connectivity index (χ0n) is 13.2. The Balaban J connectivity index is 2.05. The van der Waals surface area contributed by atoms with Gasteiger partial charge in [0.25, 0.3) is 0 Å². The van der Waals surface area contributed by atoms with Crippen LogP contribution in [0.2, 0.25) is 0 Å². The van der Waals surface area contributed by atoms with Crippen LogP contribution in [0.4, 0.5) is 0 Å². The summed E-state index contributed by atoms with van der Waals surface area (Å²) in [5, 5.41) is 0. The van der Waals surface area contributed by atoms with Gasteiger partial charge in [-0.2, -0.15) is 0 Å². The summed E-state index contributed by atoms with van der Waals surface area (Å²) in [7, 11) is 0. The molecule has 3 heteroatoms. The second-order valence-electron chi connectivity index (χ2n) is 6.44. The summed E-state index contributed by atoms with van der Waals surface area (Å²) in [6.45, 7) is 6.79. The van der Waals surface area contributed by atoms with Crippen molar-refractivity contribution in [3.05, 3.63) is 71.8 Å². The number of benzene rings is 2. The van der Waals surface area contributed by atoms with Crippen molar-refractivity contribution in [2.45, 2.75) is 25.7 Å². The summed E-state index contributed by atoms with van der Waals surface area (Å²) in [4.78, 5) is 10.1. The number of aliphatic imine (C=N–C) groups is 2. The second-order valence-corrected chi connectivity index (χ2v) is 8.68. The van der Waals surface area contributed by atoms with Gasteiger partial charge in [0, 0.05) is 0 Å². The van der Waals surface area contributed by atoms with Crippen LogP contribution >= 0.6 is 0 Å². The predicted octanol–water partition coefficient (Wildman–Crippen LogP) is 3.97. The minimum absolute atomic E-state index is 0.149. The number of amidine groups is 1. The van der Waals surface area contributed by atoms with Gasteiger partial charge in [0.1, 0.15) is 0 Å². The molecule has 1 unspecified atom stereocenters. The first-order chi connectivity index (χ1) is 10.5. The Labute approximate surface area is 138 Å².